The fourth-order valence-electron chi connectivity index (χ4n) is 1.53. The number of aliphatic hydroxyl groups is 2. The van der Waals surface area contributed by atoms with Gasteiger partial charge in [0, 0.05) is 20.3 Å². The van der Waals surface area contributed by atoms with Gasteiger partial charge in [-0.2, -0.15) is 0 Å². The molecule has 0 saturated carbocycles. The van der Waals surface area contributed by atoms with Gasteiger partial charge in [-0.3, -0.25) is 0 Å². The van der Waals surface area contributed by atoms with E-state index in [2.05, 4.69) is 6.92 Å². The highest BCUT2D eigenvalue weighted by Gasteiger charge is 2.18. The average Bonchev–Trinajstić information content (AvgIpc) is 2.46. The summed E-state index contributed by atoms with van der Waals surface area (Å²) in [5.41, 5.74) is 0. The third-order valence-electron chi connectivity index (χ3n) is 2.80. The Hall–Kier alpha value is -0.240. The van der Waals surface area contributed by atoms with E-state index >= 15 is 0 Å². The van der Waals surface area contributed by atoms with E-state index in [9.17, 15) is 10.2 Å². The van der Waals surface area contributed by atoms with Crippen LogP contribution in [0.3, 0.4) is 0 Å². The van der Waals surface area contributed by atoms with Crippen LogP contribution in [0.1, 0.15) is 26.2 Å². The van der Waals surface area contributed by atoms with Crippen molar-refractivity contribution in [3.8, 4) is 0 Å². The Labute approximate surface area is 122 Å². The molecule has 0 radical (unpaired) electrons. The Kier molecular flexibility index (Phi) is 15.0. The van der Waals surface area contributed by atoms with Gasteiger partial charge in [0.15, 0.2) is 0 Å². The minimum absolute atomic E-state index is 0.214. The quantitative estimate of drug-likeness (QED) is 0.431. The van der Waals surface area contributed by atoms with Crippen molar-refractivity contribution in [2.45, 2.75) is 38.4 Å². The first-order chi connectivity index (χ1) is 9.76. The summed E-state index contributed by atoms with van der Waals surface area (Å²) in [6.45, 7) is 4.88. The molecule has 0 bridgehead atoms. The van der Waals surface area contributed by atoms with Gasteiger partial charge >= 0.3 is 0 Å². The lowest BCUT2D eigenvalue weighted by atomic mass is 10.1. The molecule has 6 nitrogen and oxygen atoms in total. The fraction of sp³-hybridized carbons (Fsp3) is 1.00. The summed E-state index contributed by atoms with van der Waals surface area (Å²) in [6.07, 6.45) is 1.26. The first-order valence-corrected chi connectivity index (χ1v) is 7.31. The molecule has 122 valence electrons. The molecule has 0 fully saturated rings. The lowest BCUT2D eigenvalue weighted by molar-refractivity contribution is -0.0864. The van der Waals surface area contributed by atoms with E-state index in [1.807, 2.05) is 0 Å². The minimum Gasteiger partial charge on any atom is -0.394 e. The van der Waals surface area contributed by atoms with Crippen LogP contribution in [0.5, 0.6) is 0 Å². The van der Waals surface area contributed by atoms with Crippen LogP contribution in [0.25, 0.3) is 0 Å². The molecule has 0 aliphatic heterocycles. The molecule has 0 amide bonds. The maximum absolute atomic E-state index is 9.88. The lowest BCUT2D eigenvalue weighted by Crippen LogP contribution is -2.34. The fourth-order valence-corrected chi connectivity index (χ4v) is 1.53. The summed E-state index contributed by atoms with van der Waals surface area (Å²) in [5.74, 6) is 0. The van der Waals surface area contributed by atoms with Crippen LogP contribution in [0, 0.1) is 0 Å². The molecule has 0 aromatic heterocycles. The zero-order valence-corrected chi connectivity index (χ0v) is 12.8. The zero-order valence-electron chi connectivity index (χ0n) is 12.8. The van der Waals surface area contributed by atoms with Crippen LogP contribution in [-0.4, -0.2) is 75.8 Å². The van der Waals surface area contributed by atoms with E-state index in [-0.39, 0.29) is 6.61 Å². The number of rotatable bonds is 15. The summed E-state index contributed by atoms with van der Waals surface area (Å²) in [7, 11) is 1.61. The monoisotopic (exact) mass is 294 g/mol. The van der Waals surface area contributed by atoms with Crippen molar-refractivity contribution in [1.82, 2.24) is 0 Å². The van der Waals surface area contributed by atoms with Gasteiger partial charge in [0.1, 0.15) is 6.10 Å². The number of unbranched alkanes of at least 4 members (excludes halogenated alkanes) is 1. The van der Waals surface area contributed by atoms with Gasteiger partial charge < -0.3 is 29.2 Å². The Bertz CT molecular complexity index is 191. The lowest BCUT2D eigenvalue weighted by Gasteiger charge is -2.21. The first kappa shape index (κ1) is 19.8. The second kappa shape index (κ2) is 15.2. The third-order valence-corrected chi connectivity index (χ3v) is 2.80. The van der Waals surface area contributed by atoms with Crippen LogP contribution in [0.4, 0.5) is 0 Å². The number of hydrogen-bond donors (Lipinski definition) is 2. The molecule has 2 atom stereocenters. The van der Waals surface area contributed by atoms with Crippen LogP contribution < -0.4 is 0 Å². The molecule has 0 aliphatic rings. The summed E-state index contributed by atoms with van der Waals surface area (Å²) in [4.78, 5) is 0. The SMILES string of the molecule is CCCCOCCC(O)C(CO)OCCOCCOC. The average molecular weight is 294 g/mol. The van der Waals surface area contributed by atoms with E-state index < -0.39 is 12.2 Å². The molecular formula is C14H30O6. The van der Waals surface area contributed by atoms with Crippen LogP contribution in [0.2, 0.25) is 0 Å². The second-order valence-electron chi connectivity index (χ2n) is 4.52. The minimum atomic E-state index is -0.722. The summed E-state index contributed by atoms with van der Waals surface area (Å²) < 4.78 is 20.8. The molecule has 2 N–H and O–H groups in total. The summed E-state index contributed by atoms with van der Waals surface area (Å²) in [5, 5.41) is 19.1. The predicted molar refractivity (Wildman–Crippen MR) is 75.9 cm³/mol. The smallest absolute Gasteiger partial charge is 0.107 e. The molecule has 0 aromatic rings. The van der Waals surface area contributed by atoms with Crippen molar-refractivity contribution in [1.29, 1.82) is 0 Å². The highest BCUT2D eigenvalue weighted by molar-refractivity contribution is 4.68. The molecule has 0 heterocycles. The van der Waals surface area contributed by atoms with Crippen molar-refractivity contribution < 1.29 is 29.2 Å². The molecular weight excluding hydrogens is 264 g/mol. The van der Waals surface area contributed by atoms with Crippen molar-refractivity contribution >= 4 is 0 Å². The third kappa shape index (κ3) is 11.6. The summed E-state index contributed by atoms with van der Waals surface area (Å²) in [6, 6.07) is 0. The van der Waals surface area contributed by atoms with E-state index in [1.54, 1.807) is 7.11 Å². The molecule has 2 unspecified atom stereocenters. The van der Waals surface area contributed by atoms with Gasteiger partial charge in [-0.1, -0.05) is 13.3 Å². The van der Waals surface area contributed by atoms with Gasteiger partial charge in [0.05, 0.1) is 39.1 Å². The van der Waals surface area contributed by atoms with Gasteiger partial charge in [-0.25, -0.2) is 0 Å². The standard InChI is InChI=1S/C14H30O6/c1-3-4-6-18-7-5-13(16)14(12-15)20-11-10-19-9-8-17-2/h13-16H,3-12H2,1-2H3. The number of aliphatic hydroxyl groups excluding tert-OH is 2. The van der Waals surface area contributed by atoms with Gasteiger partial charge in [0.2, 0.25) is 0 Å². The van der Waals surface area contributed by atoms with Crippen LogP contribution in [0.15, 0.2) is 0 Å². The largest absolute Gasteiger partial charge is 0.394 e. The highest BCUT2D eigenvalue weighted by atomic mass is 16.6. The molecule has 0 aliphatic carbocycles. The zero-order chi connectivity index (χ0) is 15.1. The highest BCUT2D eigenvalue weighted by Crippen LogP contribution is 2.04. The summed E-state index contributed by atoms with van der Waals surface area (Å²) >= 11 is 0. The number of methoxy groups -OCH3 is 1. The maximum Gasteiger partial charge on any atom is 0.107 e. The molecule has 6 heteroatoms. The van der Waals surface area contributed by atoms with Gasteiger partial charge in [0.25, 0.3) is 0 Å². The van der Waals surface area contributed by atoms with Crippen molar-refractivity contribution in [3.63, 3.8) is 0 Å². The van der Waals surface area contributed by atoms with E-state index in [1.165, 1.54) is 0 Å². The van der Waals surface area contributed by atoms with Crippen LogP contribution in [-0.2, 0) is 18.9 Å². The Morgan fingerprint density at radius 1 is 0.950 bits per heavy atom. The number of ether oxygens (including phenoxy) is 4. The van der Waals surface area contributed by atoms with Gasteiger partial charge in [-0.15, -0.1) is 0 Å². The van der Waals surface area contributed by atoms with Crippen molar-refractivity contribution in [2.75, 3.05) is 53.4 Å². The Morgan fingerprint density at radius 2 is 1.65 bits per heavy atom. The van der Waals surface area contributed by atoms with Gasteiger partial charge in [-0.05, 0) is 12.8 Å². The molecule has 0 saturated heterocycles. The van der Waals surface area contributed by atoms with Crippen molar-refractivity contribution in [2.24, 2.45) is 0 Å². The number of hydrogen-bond acceptors (Lipinski definition) is 6. The molecule has 0 aromatic carbocycles. The van der Waals surface area contributed by atoms with E-state index in [4.69, 9.17) is 18.9 Å². The Balaban J connectivity index is 3.55. The van der Waals surface area contributed by atoms with E-state index in [0.29, 0.717) is 46.1 Å². The maximum atomic E-state index is 9.88. The van der Waals surface area contributed by atoms with E-state index in [0.717, 1.165) is 12.8 Å². The first-order valence-electron chi connectivity index (χ1n) is 7.31. The topological polar surface area (TPSA) is 77.4 Å². The van der Waals surface area contributed by atoms with Crippen LogP contribution >= 0.6 is 0 Å². The molecule has 0 spiro atoms. The second-order valence-corrected chi connectivity index (χ2v) is 4.52. The predicted octanol–water partition coefficient (Wildman–Crippen LogP) is 0.595. The Morgan fingerprint density at radius 3 is 2.30 bits per heavy atom. The van der Waals surface area contributed by atoms with Crippen molar-refractivity contribution in [3.05, 3.63) is 0 Å². The normalized spacial score (nSPS) is 14.4. The molecule has 0 rings (SSSR count). The molecule has 20 heavy (non-hydrogen) atoms.